The summed E-state index contributed by atoms with van der Waals surface area (Å²) in [6.45, 7) is 0. The van der Waals surface area contributed by atoms with Gasteiger partial charge in [-0.2, -0.15) is 0 Å². The average Bonchev–Trinajstić information content (AvgIpc) is 3.23. The smallest absolute Gasteiger partial charge is 0.0540 e. The zero-order chi connectivity index (χ0) is 34.7. The number of hydrogen-bond donors (Lipinski definition) is 0. The standard InChI is InChI=1S/C50H36N2/c1-3-13-37(14-4-1)38-25-31-45(32-26-38)52(50-24-12-18-42-16-8-10-22-48(42)50)46-35-29-40(30-36-46)39-27-33-44(34-28-39)51(43-19-5-2-6-20-43)49-23-11-17-41-15-7-9-21-47(41)49/h1-36H. The fraction of sp³-hybridized carbons (Fsp3) is 0. The summed E-state index contributed by atoms with van der Waals surface area (Å²) in [5, 5.41) is 4.88. The van der Waals surface area contributed by atoms with Crippen molar-refractivity contribution in [2.24, 2.45) is 0 Å². The van der Waals surface area contributed by atoms with Crippen LogP contribution < -0.4 is 9.80 Å². The number of anilines is 6. The molecular formula is C50H36N2. The van der Waals surface area contributed by atoms with Gasteiger partial charge in [0.2, 0.25) is 0 Å². The molecule has 2 nitrogen and oxygen atoms in total. The Morgan fingerprint density at radius 1 is 0.212 bits per heavy atom. The monoisotopic (exact) mass is 664 g/mol. The minimum Gasteiger partial charge on any atom is -0.310 e. The molecule has 0 bridgehead atoms. The van der Waals surface area contributed by atoms with Crippen LogP contribution in [-0.2, 0) is 0 Å². The molecule has 0 fully saturated rings. The van der Waals surface area contributed by atoms with Gasteiger partial charge in [0.1, 0.15) is 0 Å². The Labute approximate surface area is 305 Å². The van der Waals surface area contributed by atoms with E-state index >= 15 is 0 Å². The third kappa shape index (κ3) is 5.97. The Bertz CT molecular complexity index is 2580. The van der Waals surface area contributed by atoms with Gasteiger partial charge in [-0.3, -0.25) is 0 Å². The van der Waals surface area contributed by atoms with Crippen molar-refractivity contribution in [1.82, 2.24) is 0 Å². The van der Waals surface area contributed by atoms with Crippen LogP contribution in [0.2, 0.25) is 0 Å². The van der Waals surface area contributed by atoms with Crippen molar-refractivity contribution in [3.05, 3.63) is 218 Å². The van der Waals surface area contributed by atoms with Gasteiger partial charge in [0.05, 0.1) is 11.4 Å². The first-order valence-corrected chi connectivity index (χ1v) is 17.8. The van der Waals surface area contributed by atoms with Gasteiger partial charge in [0.25, 0.3) is 0 Å². The molecular weight excluding hydrogens is 629 g/mol. The van der Waals surface area contributed by atoms with Gasteiger partial charge in [-0.15, -0.1) is 0 Å². The molecule has 2 heteroatoms. The Hall–Kier alpha value is -6.90. The van der Waals surface area contributed by atoms with Crippen LogP contribution >= 0.6 is 0 Å². The van der Waals surface area contributed by atoms with Gasteiger partial charge in [0.15, 0.2) is 0 Å². The highest BCUT2D eigenvalue weighted by Crippen LogP contribution is 2.42. The average molecular weight is 665 g/mol. The Morgan fingerprint density at radius 3 is 0.942 bits per heavy atom. The number of fused-ring (bicyclic) bond motifs is 2. The first kappa shape index (κ1) is 31.1. The van der Waals surface area contributed by atoms with Gasteiger partial charge in [-0.05, 0) is 93.7 Å². The minimum atomic E-state index is 1.11. The summed E-state index contributed by atoms with van der Waals surface area (Å²) in [6, 6.07) is 78.2. The summed E-state index contributed by atoms with van der Waals surface area (Å²) in [7, 11) is 0. The highest BCUT2D eigenvalue weighted by molar-refractivity contribution is 6.00. The molecule has 0 saturated carbocycles. The zero-order valence-electron chi connectivity index (χ0n) is 28.7. The molecule has 0 spiro atoms. The lowest BCUT2D eigenvalue weighted by atomic mass is 10.0. The second-order valence-electron chi connectivity index (χ2n) is 13.0. The summed E-state index contributed by atoms with van der Waals surface area (Å²) in [6.07, 6.45) is 0. The van der Waals surface area contributed by atoms with Crippen molar-refractivity contribution in [3.8, 4) is 22.3 Å². The maximum Gasteiger partial charge on any atom is 0.0540 e. The fourth-order valence-corrected chi connectivity index (χ4v) is 7.28. The Morgan fingerprint density at radius 2 is 0.519 bits per heavy atom. The maximum atomic E-state index is 2.37. The number of nitrogens with zero attached hydrogens (tertiary/aromatic N) is 2. The van der Waals surface area contributed by atoms with E-state index in [1.807, 2.05) is 0 Å². The SMILES string of the molecule is c1ccc(-c2ccc(N(c3ccc(-c4ccc(N(c5ccccc5)c5cccc6ccccc56)cc4)cc3)c3cccc4ccccc34)cc2)cc1. The lowest BCUT2D eigenvalue weighted by Crippen LogP contribution is -2.10. The topological polar surface area (TPSA) is 6.48 Å². The molecule has 0 saturated heterocycles. The Balaban J connectivity index is 1.08. The minimum absolute atomic E-state index is 1.11. The van der Waals surface area contributed by atoms with E-state index in [2.05, 4.69) is 228 Å². The molecule has 0 heterocycles. The lowest BCUT2D eigenvalue weighted by molar-refractivity contribution is 1.29. The first-order valence-electron chi connectivity index (χ1n) is 17.8. The second kappa shape index (κ2) is 13.8. The van der Waals surface area contributed by atoms with Crippen LogP contribution in [-0.4, -0.2) is 0 Å². The molecule has 0 amide bonds. The van der Waals surface area contributed by atoms with Crippen molar-refractivity contribution in [1.29, 1.82) is 0 Å². The van der Waals surface area contributed by atoms with Crippen molar-refractivity contribution >= 4 is 55.7 Å². The first-order chi connectivity index (χ1) is 25.8. The molecule has 0 atom stereocenters. The van der Waals surface area contributed by atoms with E-state index in [0.29, 0.717) is 0 Å². The van der Waals surface area contributed by atoms with E-state index < -0.39 is 0 Å². The molecule has 0 aliphatic carbocycles. The molecule has 0 aliphatic rings. The summed E-state index contributed by atoms with van der Waals surface area (Å²) in [5.74, 6) is 0. The number of rotatable bonds is 8. The number of para-hydroxylation sites is 1. The van der Waals surface area contributed by atoms with Gasteiger partial charge in [-0.25, -0.2) is 0 Å². The van der Waals surface area contributed by atoms with Crippen LogP contribution in [0.15, 0.2) is 218 Å². The molecule has 0 N–H and O–H groups in total. The molecule has 0 unspecified atom stereocenters. The third-order valence-corrected chi connectivity index (χ3v) is 9.85. The molecule has 0 aromatic heterocycles. The summed E-state index contributed by atoms with van der Waals surface area (Å²) in [4.78, 5) is 4.71. The van der Waals surface area contributed by atoms with E-state index in [1.165, 1.54) is 43.8 Å². The third-order valence-electron chi connectivity index (χ3n) is 9.85. The van der Waals surface area contributed by atoms with Gasteiger partial charge in [0, 0.05) is 33.5 Å². The summed E-state index contributed by atoms with van der Waals surface area (Å²) < 4.78 is 0. The highest BCUT2D eigenvalue weighted by Gasteiger charge is 2.17. The van der Waals surface area contributed by atoms with Crippen molar-refractivity contribution in [2.75, 3.05) is 9.80 Å². The quantitative estimate of drug-likeness (QED) is 0.159. The van der Waals surface area contributed by atoms with E-state index in [9.17, 15) is 0 Å². The van der Waals surface area contributed by atoms with Gasteiger partial charge in [-0.1, -0.05) is 158 Å². The predicted molar refractivity (Wildman–Crippen MR) is 222 cm³/mol. The van der Waals surface area contributed by atoms with Crippen molar-refractivity contribution < 1.29 is 0 Å². The molecule has 9 aromatic rings. The molecule has 0 radical (unpaired) electrons. The molecule has 52 heavy (non-hydrogen) atoms. The van der Waals surface area contributed by atoms with Gasteiger partial charge >= 0.3 is 0 Å². The van der Waals surface area contributed by atoms with E-state index in [-0.39, 0.29) is 0 Å². The summed E-state index contributed by atoms with van der Waals surface area (Å²) >= 11 is 0. The summed E-state index contributed by atoms with van der Waals surface area (Å²) in [5.41, 5.74) is 11.5. The van der Waals surface area contributed by atoms with Crippen LogP contribution in [0.25, 0.3) is 43.8 Å². The molecule has 0 aliphatic heterocycles. The normalized spacial score (nSPS) is 11.1. The Kier molecular flexibility index (Phi) is 8.24. The lowest BCUT2D eigenvalue weighted by Gasteiger charge is -2.27. The molecule has 9 rings (SSSR count). The van der Waals surface area contributed by atoms with Crippen LogP contribution in [0, 0.1) is 0 Å². The van der Waals surface area contributed by atoms with Crippen LogP contribution in [0.4, 0.5) is 34.1 Å². The van der Waals surface area contributed by atoms with Crippen LogP contribution in [0.1, 0.15) is 0 Å². The van der Waals surface area contributed by atoms with E-state index in [4.69, 9.17) is 0 Å². The van der Waals surface area contributed by atoms with Gasteiger partial charge < -0.3 is 9.80 Å². The van der Waals surface area contributed by atoms with E-state index in [1.54, 1.807) is 0 Å². The second-order valence-corrected chi connectivity index (χ2v) is 13.0. The zero-order valence-corrected chi connectivity index (χ0v) is 28.7. The van der Waals surface area contributed by atoms with Crippen molar-refractivity contribution in [2.45, 2.75) is 0 Å². The van der Waals surface area contributed by atoms with Crippen molar-refractivity contribution in [3.63, 3.8) is 0 Å². The fourth-order valence-electron chi connectivity index (χ4n) is 7.28. The number of hydrogen-bond acceptors (Lipinski definition) is 2. The largest absolute Gasteiger partial charge is 0.310 e. The van der Waals surface area contributed by atoms with Crippen LogP contribution in [0.5, 0.6) is 0 Å². The van der Waals surface area contributed by atoms with Crippen LogP contribution in [0.3, 0.4) is 0 Å². The molecule has 246 valence electrons. The van der Waals surface area contributed by atoms with E-state index in [0.717, 1.165) is 34.1 Å². The predicted octanol–water partition coefficient (Wildman–Crippen LogP) is 14.3. The number of benzene rings is 9. The maximum absolute atomic E-state index is 2.37. The highest BCUT2D eigenvalue weighted by atomic mass is 15.1. The molecule has 9 aromatic carbocycles.